The Morgan fingerprint density at radius 1 is 1.42 bits per heavy atom. The number of benzene rings is 1. The molecule has 1 aromatic carbocycles. The quantitative estimate of drug-likeness (QED) is 0.744. The summed E-state index contributed by atoms with van der Waals surface area (Å²) in [5.41, 5.74) is -0.856. The van der Waals surface area contributed by atoms with E-state index in [-0.39, 0.29) is 11.6 Å². The van der Waals surface area contributed by atoms with Gasteiger partial charge in [-0.05, 0) is 47.5 Å². The molecule has 0 bridgehead atoms. The van der Waals surface area contributed by atoms with E-state index in [0.29, 0.717) is 16.2 Å². The number of hydrogen-bond donors (Lipinski definition) is 1. The average Bonchev–Trinajstić information content (AvgIpc) is 2.27. The van der Waals surface area contributed by atoms with Gasteiger partial charge in [-0.1, -0.05) is 15.9 Å². The van der Waals surface area contributed by atoms with Crippen LogP contribution in [-0.4, -0.2) is 17.3 Å². The zero-order valence-electron chi connectivity index (χ0n) is 10.0. The second kappa shape index (κ2) is 6.74. The number of alkyl halides is 4. The van der Waals surface area contributed by atoms with E-state index in [2.05, 4.69) is 37.2 Å². The fourth-order valence-corrected chi connectivity index (χ4v) is 2.53. The molecule has 1 rings (SSSR count). The van der Waals surface area contributed by atoms with Crippen LogP contribution in [0.3, 0.4) is 0 Å². The van der Waals surface area contributed by atoms with Crippen molar-refractivity contribution in [2.45, 2.75) is 25.6 Å². The van der Waals surface area contributed by atoms with Crippen molar-refractivity contribution in [1.29, 1.82) is 0 Å². The lowest BCUT2D eigenvalue weighted by Crippen LogP contribution is -2.33. The summed E-state index contributed by atoms with van der Waals surface area (Å²) in [5, 5.41) is 3.36. The molecule has 1 amide bonds. The molecule has 7 heteroatoms. The van der Waals surface area contributed by atoms with Crippen molar-refractivity contribution >= 4 is 37.8 Å². The van der Waals surface area contributed by atoms with E-state index in [1.807, 2.05) is 0 Å². The molecule has 0 radical (unpaired) electrons. The average molecular weight is 403 g/mol. The van der Waals surface area contributed by atoms with Crippen molar-refractivity contribution in [2.24, 2.45) is 0 Å². The van der Waals surface area contributed by atoms with Crippen molar-refractivity contribution in [1.82, 2.24) is 5.32 Å². The minimum atomic E-state index is -4.46. The van der Waals surface area contributed by atoms with Crippen LogP contribution in [0, 0.1) is 0 Å². The van der Waals surface area contributed by atoms with Crippen molar-refractivity contribution in [3.05, 3.63) is 33.8 Å². The van der Waals surface area contributed by atoms with E-state index >= 15 is 0 Å². The van der Waals surface area contributed by atoms with E-state index in [4.69, 9.17) is 0 Å². The lowest BCUT2D eigenvalue weighted by atomic mass is 10.1. The van der Waals surface area contributed by atoms with Gasteiger partial charge in [0.2, 0.25) is 0 Å². The number of carbonyl (C=O) groups is 1. The zero-order chi connectivity index (χ0) is 14.6. The number of carbonyl (C=O) groups excluding carboxylic acids is 1. The van der Waals surface area contributed by atoms with E-state index < -0.39 is 17.6 Å². The van der Waals surface area contributed by atoms with Crippen molar-refractivity contribution in [3.8, 4) is 0 Å². The van der Waals surface area contributed by atoms with Gasteiger partial charge in [0.15, 0.2) is 0 Å². The van der Waals surface area contributed by atoms with Gasteiger partial charge in [0.25, 0.3) is 5.91 Å². The van der Waals surface area contributed by atoms with E-state index in [9.17, 15) is 18.0 Å². The summed E-state index contributed by atoms with van der Waals surface area (Å²) in [6.07, 6.45) is -3.76. The Morgan fingerprint density at radius 3 is 2.58 bits per heavy atom. The maximum Gasteiger partial charge on any atom is 0.416 e. The van der Waals surface area contributed by atoms with Crippen LogP contribution in [0.1, 0.15) is 29.3 Å². The third-order valence-corrected chi connectivity index (χ3v) is 3.61. The SMILES string of the molecule is CC(CCBr)NC(=O)c1cc(C(F)(F)F)ccc1Br. The summed E-state index contributed by atoms with van der Waals surface area (Å²) in [4.78, 5) is 11.9. The van der Waals surface area contributed by atoms with E-state index in [1.54, 1.807) is 6.92 Å². The van der Waals surface area contributed by atoms with Crippen LogP contribution >= 0.6 is 31.9 Å². The molecule has 1 unspecified atom stereocenters. The molecular weight excluding hydrogens is 391 g/mol. The molecule has 0 saturated carbocycles. The molecule has 0 aromatic heterocycles. The molecule has 19 heavy (non-hydrogen) atoms. The first kappa shape index (κ1) is 16.5. The summed E-state index contributed by atoms with van der Waals surface area (Å²) in [6.45, 7) is 1.79. The monoisotopic (exact) mass is 401 g/mol. The van der Waals surface area contributed by atoms with Gasteiger partial charge in [0.1, 0.15) is 0 Å². The number of nitrogens with one attached hydrogen (secondary N) is 1. The molecule has 1 atom stereocenters. The predicted octanol–water partition coefficient (Wildman–Crippen LogP) is 4.37. The standard InChI is InChI=1S/C12H12Br2F3NO/c1-7(4-5-13)18-11(19)9-6-8(12(15,16)17)2-3-10(9)14/h2-3,6-7H,4-5H2,1H3,(H,18,19). The lowest BCUT2D eigenvalue weighted by Gasteiger charge is -2.14. The Labute approximate surface area is 126 Å². The largest absolute Gasteiger partial charge is 0.416 e. The lowest BCUT2D eigenvalue weighted by molar-refractivity contribution is -0.137. The van der Waals surface area contributed by atoms with Crippen LogP contribution in [0.5, 0.6) is 0 Å². The molecule has 0 saturated heterocycles. The highest BCUT2D eigenvalue weighted by Crippen LogP contribution is 2.31. The highest BCUT2D eigenvalue weighted by Gasteiger charge is 2.31. The molecule has 0 aliphatic heterocycles. The molecule has 0 aliphatic carbocycles. The Morgan fingerprint density at radius 2 is 2.05 bits per heavy atom. The van der Waals surface area contributed by atoms with Crippen LogP contribution in [0.15, 0.2) is 22.7 Å². The number of halogens is 5. The van der Waals surface area contributed by atoms with Gasteiger partial charge in [-0.3, -0.25) is 4.79 Å². The fraction of sp³-hybridized carbons (Fsp3) is 0.417. The molecule has 0 aliphatic rings. The summed E-state index contributed by atoms with van der Waals surface area (Å²) in [7, 11) is 0. The van der Waals surface area contributed by atoms with Gasteiger partial charge in [0.05, 0.1) is 11.1 Å². The van der Waals surface area contributed by atoms with Gasteiger partial charge in [-0.25, -0.2) is 0 Å². The minimum Gasteiger partial charge on any atom is -0.350 e. The van der Waals surface area contributed by atoms with Crippen LogP contribution < -0.4 is 5.32 Å². The van der Waals surface area contributed by atoms with Gasteiger partial charge < -0.3 is 5.32 Å². The molecular formula is C12H12Br2F3NO. The van der Waals surface area contributed by atoms with Crippen LogP contribution in [-0.2, 0) is 6.18 Å². The molecule has 1 aromatic rings. The summed E-state index contributed by atoms with van der Waals surface area (Å²) >= 11 is 6.33. The first-order chi connectivity index (χ1) is 8.75. The molecule has 2 nitrogen and oxygen atoms in total. The molecule has 0 fully saturated rings. The van der Waals surface area contributed by atoms with Crippen molar-refractivity contribution < 1.29 is 18.0 Å². The normalized spacial score (nSPS) is 13.2. The van der Waals surface area contributed by atoms with Crippen molar-refractivity contribution in [3.63, 3.8) is 0 Å². The predicted molar refractivity (Wildman–Crippen MR) is 74.5 cm³/mol. The Bertz CT molecular complexity index is 463. The second-order valence-corrected chi connectivity index (χ2v) is 5.69. The highest BCUT2D eigenvalue weighted by atomic mass is 79.9. The van der Waals surface area contributed by atoms with Crippen molar-refractivity contribution in [2.75, 3.05) is 5.33 Å². The Kier molecular flexibility index (Phi) is 5.85. The number of amides is 1. The summed E-state index contributed by atoms with van der Waals surface area (Å²) < 4.78 is 38.1. The third-order valence-electron chi connectivity index (χ3n) is 2.46. The first-order valence-electron chi connectivity index (χ1n) is 5.49. The highest BCUT2D eigenvalue weighted by molar-refractivity contribution is 9.10. The zero-order valence-corrected chi connectivity index (χ0v) is 13.2. The molecule has 0 spiro atoms. The molecule has 0 heterocycles. The molecule has 106 valence electrons. The summed E-state index contributed by atoms with van der Waals surface area (Å²) in [6, 6.07) is 2.89. The van der Waals surface area contributed by atoms with Crippen LogP contribution in [0.25, 0.3) is 0 Å². The van der Waals surface area contributed by atoms with Gasteiger partial charge in [-0.2, -0.15) is 13.2 Å². The van der Waals surface area contributed by atoms with Crippen LogP contribution in [0.2, 0.25) is 0 Å². The summed E-state index contributed by atoms with van der Waals surface area (Å²) in [5.74, 6) is -0.522. The van der Waals surface area contributed by atoms with E-state index in [1.165, 1.54) is 6.07 Å². The smallest absolute Gasteiger partial charge is 0.350 e. The van der Waals surface area contributed by atoms with Gasteiger partial charge in [-0.15, -0.1) is 0 Å². The van der Waals surface area contributed by atoms with Gasteiger partial charge >= 0.3 is 6.18 Å². The maximum absolute atomic E-state index is 12.6. The Balaban J connectivity index is 2.96. The van der Waals surface area contributed by atoms with Crippen LogP contribution in [0.4, 0.5) is 13.2 Å². The Hall–Kier alpha value is -0.560. The second-order valence-electron chi connectivity index (χ2n) is 4.04. The number of rotatable bonds is 4. The first-order valence-corrected chi connectivity index (χ1v) is 7.40. The third kappa shape index (κ3) is 4.80. The minimum absolute atomic E-state index is 0.0174. The van der Waals surface area contributed by atoms with E-state index in [0.717, 1.165) is 12.1 Å². The fourth-order valence-electron chi connectivity index (χ4n) is 1.41. The number of hydrogen-bond acceptors (Lipinski definition) is 1. The topological polar surface area (TPSA) is 29.1 Å². The van der Waals surface area contributed by atoms with Gasteiger partial charge in [0, 0.05) is 15.8 Å². The maximum atomic E-state index is 12.6. The molecule has 1 N–H and O–H groups in total.